The van der Waals surface area contributed by atoms with Crippen LogP contribution in [0.5, 0.6) is 5.75 Å². The van der Waals surface area contributed by atoms with Gasteiger partial charge in [0.1, 0.15) is 5.75 Å². The van der Waals surface area contributed by atoms with Crippen molar-refractivity contribution in [2.24, 2.45) is 0 Å². The number of benzene rings is 2. The zero-order valence-corrected chi connectivity index (χ0v) is 12.7. The monoisotopic (exact) mass is 313 g/mol. The fourth-order valence-electron chi connectivity index (χ4n) is 2.95. The summed E-state index contributed by atoms with van der Waals surface area (Å²) in [4.78, 5) is 13.3. The van der Waals surface area contributed by atoms with Crippen LogP contribution in [0.2, 0.25) is 0 Å². The number of hydrogen-bond acceptors (Lipinski definition) is 4. The highest BCUT2D eigenvalue weighted by Crippen LogP contribution is 2.34. The summed E-state index contributed by atoms with van der Waals surface area (Å²) < 4.78 is 5.42. The third-order valence-corrected chi connectivity index (χ3v) is 4.12. The summed E-state index contributed by atoms with van der Waals surface area (Å²) in [6.45, 7) is 2.83. The highest BCUT2D eigenvalue weighted by atomic mass is 16.5. The fourth-order valence-corrected chi connectivity index (χ4v) is 2.95. The number of carboxylic acids is 1. The van der Waals surface area contributed by atoms with Gasteiger partial charge in [0.25, 0.3) is 0 Å². The summed E-state index contributed by atoms with van der Waals surface area (Å²) in [5.74, 6) is -0.701. The van der Waals surface area contributed by atoms with Crippen LogP contribution in [0.4, 0.5) is 0 Å². The minimum absolute atomic E-state index is 0.122. The van der Waals surface area contributed by atoms with Crippen molar-refractivity contribution in [3.63, 3.8) is 0 Å². The van der Waals surface area contributed by atoms with E-state index in [-0.39, 0.29) is 17.4 Å². The van der Waals surface area contributed by atoms with E-state index in [1.54, 1.807) is 24.3 Å². The molecule has 0 spiro atoms. The van der Waals surface area contributed by atoms with Crippen molar-refractivity contribution in [2.75, 3.05) is 26.3 Å². The van der Waals surface area contributed by atoms with Crippen LogP contribution in [-0.4, -0.2) is 47.4 Å². The van der Waals surface area contributed by atoms with Crippen molar-refractivity contribution in [1.82, 2.24) is 4.90 Å². The molecule has 0 amide bonds. The molecule has 5 nitrogen and oxygen atoms in total. The Labute approximate surface area is 134 Å². The maximum atomic E-state index is 11.0. The van der Waals surface area contributed by atoms with Crippen LogP contribution in [0.3, 0.4) is 0 Å². The minimum Gasteiger partial charge on any atom is -0.508 e. The number of nitrogens with zero attached hydrogens (tertiary/aromatic N) is 1. The SMILES string of the molecule is O=C(O)c1ccc(C(c2ccccc2O)N2CCOCC2)cc1. The smallest absolute Gasteiger partial charge is 0.335 e. The molecule has 0 bridgehead atoms. The van der Waals surface area contributed by atoms with E-state index >= 15 is 0 Å². The third kappa shape index (κ3) is 3.36. The van der Waals surface area contributed by atoms with Crippen LogP contribution in [0.15, 0.2) is 48.5 Å². The summed E-state index contributed by atoms with van der Waals surface area (Å²) in [5, 5.41) is 19.3. The minimum atomic E-state index is -0.943. The average molecular weight is 313 g/mol. The molecular weight excluding hydrogens is 294 g/mol. The summed E-state index contributed by atoms with van der Waals surface area (Å²) >= 11 is 0. The summed E-state index contributed by atoms with van der Waals surface area (Å²) in [7, 11) is 0. The molecule has 3 rings (SSSR count). The van der Waals surface area contributed by atoms with Gasteiger partial charge in [-0.25, -0.2) is 4.79 Å². The van der Waals surface area contributed by atoms with Gasteiger partial charge in [-0.2, -0.15) is 0 Å². The van der Waals surface area contributed by atoms with Gasteiger partial charge in [0, 0.05) is 18.7 Å². The molecule has 2 aromatic rings. The van der Waals surface area contributed by atoms with Crippen LogP contribution in [0.25, 0.3) is 0 Å². The van der Waals surface area contributed by atoms with Crippen LogP contribution >= 0.6 is 0 Å². The van der Waals surface area contributed by atoms with Crippen LogP contribution < -0.4 is 0 Å². The van der Waals surface area contributed by atoms with Crippen molar-refractivity contribution < 1.29 is 19.7 Å². The summed E-state index contributed by atoms with van der Waals surface area (Å²) in [6.07, 6.45) is 0. The van der Waals surface area contributed by atoms with Gasteiger partial charge in [-0.1, -0.05) is 30.3 Å². The van der Waals surface area contributed by atoms with Gasteiger partial charge in [-0.15, -0.1) is 0 Å². The number of carboxylic acid groups (broad SMARTS) is 1. The molecule has 1 unspecified atom stereocenters. The molecule has 0 saturated carbocycles. The van der Waals surface area contributed by atoms with Crippen LogP contribution in [0, 0.1) is 0 Å². The third-order valence-electron chi connectivity index (χ3n) is 4.12. The van der Waals surface area contributed by atoms with Crippen molar-refractivity contribution in [2.45, 2.75) is 6.04 Å². The first-order chi connectivity index (χ1) is 11.2. The molecule has 1 aliphatic heterocycles. The number of ether oxygens (including phenoxy) is 1. The van der Waals surface area contributed by atoms with E-state index in [4.69, 9.17) is 9.84 Å². The normalized spacial score (nSPS) is 16.9. The second-order valence-electron chi connectivity index (χ2n) is 5.54. The molecule has 0 radical (unpaired) electrons. The molecular formula is C18H19NO4. The number of morpholine rings is 1. The molecule has 120 valence electrons. The molecule has 1 saturated heterocycles. The van der Waals surface area contributed by atoms with Crippen molar-refractivity contribution >= 4 is 5.97 Å². The Morgan fingerprint density at radius 1 is 1.04 bits per heavy atom. The number of phenols is 1. The number of rotatable bonds is 4. The second-order valence-corrected chi connectivity index (χ2v) is 5.54. The number of hydrogen-bond donors (Lipinski definition) is 2. The first kappa shape index (κ1) is 15.5. The zero-order valence-electron chi connectivity index (χ0n) is 12.7. The van der Waals surface area contributed by atoms with E-state index in [0.29, 0.717) is 13.2 Å². The molecule has 2 N–H and O–H groups in total. The lowest BCUT2D eigenvalue weighted by atomic mass is 9.95. The lowest BCUT2D eigenvalue weighted by molar-refractivity contribution is 0.0235. The Balaban J connectivity index is 2.00. The van der Waals surface area contributed by atoms with E-state index in [2.05, 4.69) is 4.90 Å². The molecule has 5 heteroatoms. The lowest BCUT2D eigenvalue weighted by Crippen LogP contribution is -2.39. The Morgan fingerprint density at radius 3 is 2.30 bits per heavy atom. The molecule has 1 fully saturated rings. The van der Waals surface area contributed by atoms with Crippen molar-refractivity contribution in [1.29, 1.82) is 0 Å². The number of carbonyl (C=O) groups is 1. The summed E-state index contributed by atoms with van der Waals surface area (Å²) in [6, 6.07) is 14.0. The molecule has 1 aliphatic rings. The molecule has 23 heavy (non-hydrogen) atoms. The quantitative estimate of drug-likeness (QED) is 0.907. The number of aromatic carboxylic acids is 1. The average Bonchev–Trinajstić information content (AvgIpc) is 2.58. The predicted octanol–water partition coefficient (Wildman–Crippen LogP) is 2.51. The molecule has 0 aliphatic carbocycles. The first-order valence-corrected chi connectivity index (χ1v) is 7.60. The Hall–Kier alpha value is -2.37. The Bertz CT molecular complexity index is 678. The highest BCUT2D eigenvalue weighted by Gasteiger charge is 2.26. The largest absolute Gasteiger partial charge is 0.508 e. The van der Waals surface area contributed by atoms with E-state index in [0.717, 1.165) is 24.2 Å². The van der Waals surface area contributed by atoms with E-state index in [9.17, 15) is 9.90 Å². The maximum absolute atomic E-state index is 11.0. The van der Waals surface area contributed by atoms with Gasteiger partial charge >= 0.3 is 5.97 Å². The highest BCUT2D eigenvalue weighted by molar-refractivity contribution is 5.87. The number of para-hydroxylation sites is 1. The number of aromatic hydroxyl groups is 1. The van der Waals surface area contributed by atoms with Gasteiger partial charge in [-0.3, -0.25) is 4.90 Å². The van der Waals surface area contributed by atoms with Gasteiger partial charge < -0.3 is 14.9 Å². The van der Waals surface area contributed by atoms with Crippen molar-refractivity contribution in [3.05, 3.63) is 65.2 Å². The van der Waals surface area contributed by atoms with E-state index in [1.165, 1.54) is 0 Å². The van der Waals surface area contributed by atoms with Gasteiger partial charge in [0.15, 0.2) is 0 Å². The van der Waals surface area contributed by atoms with Gasteiger partial charge in [0.2, 0.25) is 0 Å². The molecule has 1 heterocycles. The molecule has 1 atom stereocenters. The first-order valence-electron chi connectivity index (χ1n) is 7.60. The van der Waals surface area contributed by atoms with Crippen molar-refractivity contribution in [3.8, 4) is 5.75 Å². The lowest BCUT2D eigenvalue weighted by Gasteiger charge is -2.35. The van der Waals surface area contributed by atoms with Crippen LogP contribution in [0.1, 0.15) is 27.5 Å². The fraction of sp³-hybridized carbons (Fsp3) is 0.278. The Kier molecular flexibility index (Phi) is 4.60. The summed E-state index contributed by atoms with van der Waals surface area (Å²) in [5.41, 5.74) is 2.03. The molecule has 2 aromatic carbocycles. The van der Waals surface area contributed by atoms with Gasteiger partial charge in [0.05, 0.1) is 24.8 Å². The number of phenolic OH excluding ortho intramolecular Hbond substituents is 1. The predicted molar refractivity (Wildman–Crippen MR) is 85.7 cm³/mol. The van der Waals surface area contributed by atoms with E-state index < -0.39 is 5.97 Å². The standard InChI is InChI=1S/C18H19NO4/c20-16-4-2-1-3-15(16)17(19-9-11-23-12-10-19)13-5-7-14(8-6-13)18(21)22/h1-8,17,20H,9-12H2,(H,21,22). The zero-order chi connectivity index (χ0) is 16.2. The van der Waals surface area contributed by atoms with Gasteiger partial charge in [-0.05, 0) is 23.8 Å². The Morgan fingerprint density at radius 2 is 1.70 bits per heavy atom. The second kappa shape index (κ2) is 6.81. The molecule has 0 aromatic heterocycles. The topological polar surface area (TPSA) is 70.0 Å². The van der Waals surface area contributed by atoms with E-state index in [1.807, 2.05) is 24.3 Å². The van der Waals surface area contributed by atoms with Crippen LogP contribution in [-0.2, 0) is 4.74 Å². The maximum Gasteiger partial charge on any atom is 0.335 e.